The Morgan fingerprint density at radius 2 is 1.86 bits per heavy atom. The summed E-state index contributed by atoms with van der Waals surface area (Å²) in [4.78, 5) is 0. The monoisotopic (exact) mass is 418 g/mol. The number of halogens is 2. The molecule has 0 fully saturated rings. The van der Waals surface area contributed by atoms with Crippen LogP contribution >= 0.6 is 23.2 Å². The molecule has 1 heterocycles. The molecular formula is C21H24Cl2N4O. The third kappa shape index (κ3) is 4.54. The molecular weight excluding hydrogens is 395 g/mol. The van der Waals surface area contributed by atoms with Crippen molar-refractivity contribution < 1.29 is 4.74 Å². The molecule has 148 valence electrons. The number of hydrogen-bond acceptors (Lipinski definition) is 4. The molecule has 3 aromatic rings. The maximum atomic E-state index is 6.57. The Bertz CT molecular complexity index is 927. The van der Waals surface area contributed by atoms with E-state index in [0.29, 0.717) is 17.2 Å². The van der Waals surface area contributed by atoms with Gasteiger partial charge >= 0.3 is 0 Å². The molecule has 0 aliphatic rings. The number of H-pyrrole nitrogens is 1. The van der Waals surface area contributed by atoms with Gasteiger partial charge in [-0.15, -0.1) is 0 Å². The second-order valence-electron chi connectivity index (χ2n) is 6.43. The van der Waals surface area contributed by atoms with E-state index in [2.05, 4.69) is 27.8 Å². The van der Waals surface area contributed by atoms with Crippen molar-refractivity contribution in [2.45, 2.75) is 26.2 Å². The SMILES string of the molecule is CCc1cc(OC)c(Cl)c(CCc2cc(Nc3cccc(NC)c3)n[nH]2)c1Cl. The van der Waals surface area contributed by atoms with Gasteiger partial charge in [0.05, 0.1) is 12.1 Å². The lowest BCUT2D eigenvalue weighted by atomic mass is 10.0. The van der Waals surface area contributed by atoms with E-state index in [9.17, 15) is 0 Å². The van der Waals surface area contributed by atoms with Crippen LogP contribution in [0.3, 0.4) is 0 Å². The van der Waals surface area contributed by atoms with Crippen LogP contribution < -0.4 is 15.4 Å². The molecule has 0 amide bonds. The number of nitrogens with zero attached hydrogens (tertiary/aromatic N) is 1. The Kier molecular flexibility index (Phi) is 6.70. The van der Waals surface area contributed by atoms with E-state index in [1.807, 2.05) is 43.4 Å². The van der Waals surface area contributed by atoms with Gasteiger partial charge in [-0.25, -0.2) is 0 Å². The highest BCUT2D eigenvalue weighted by Crippen LogP contribution is 2.37. The van der Waals surface area contributed by atoms with Crippen molar-refractivity contribution >= 4 is 40.4 Å². The maximum Gasteiger partial charge on any atom is 0.152 e. The zero-order valence-corrected chi connectivity index (χ0v) is 17.7. The number of hydrogen-bond donors (Lipinski definition) is 3. The van der Waals surface area contributed by atoms with Crippen LogP contribution in [0.1, 0.15) is 23.7 Å². The van der Waals surface area contributed by atoms with Crippen LogP contribution in [-0.2, 0) is 19.3 Å². The first-order valence-electron chi connectivity index (χ1n) is 9.18. The standard InChI is InChI=1S/C21H24Cl2N4O/c1-4-13-10-18(28-3)21(23)17(20(13)22)9-8-16-12-19(27-26-16)25-15-7-5-6-14(11-15)24-2/h5-7,10-12,24H,4,8-9H2,1-3H3,(H2,25,26,27). The summed E-state index contributed by atoms with van der Waals surface area (Å²) in [5.74, 6) is 1.43. The first kappa shape index (κ1) is 20.4. The van der Waals surface area contributed by atoms with Crippen LogP contribution in [0.25, 0.3) is 0 Å². The van der Waals surface area contributed by atoms with E-state index in [-0.39, 0.29) is 0 Å². The van der Waals surface area contributed by atoms with Crippen molar-refractivity contribution in [3.63, 3.8) is 0 Å². The summed E-state index contributed by atoms with van der Waals surface area (Å²) in [6.45, 7) is 2.06. The van der Waals surface area contributed by atoms with Gasteiger partial charge in [-0.3, -0.25) is 5.10 Å². The van der Waals surface area contributed by atoms with Crippen molar-refractivity contribution in [1.29, 1.82) is 0 Å². The van der Waals surface area contributed by atoms with Gasteiger partial charge in [0.15, 0.2) is 5.82 Å². The summed E-state index contributed by atoms with van der Waals surface area (Å²) in [6, 6.07) is 11.9. The quantitative estimate of drug-likeness (QED) is 0.428. The van der Waals surface area contributed by atoms with E-state index < -0.39 is 0 Å². The van der Waals surface area contributed by atoms with Crippen molar-refractivity contribution in [1.82, 2.24) is 10.2 Å². The summed E-state index contributed by atoms with van der Waals surface area (Å²) in [5.41, 5.74) is 4.95. The van der Waals surface area contributed by atoms with Crippen molar-refractivity contribution in [2.24, 2.45) is 0 Å². The molecule has 7 heteroatoms. The van der Waals surface area contributed by atoms with Crippen LogP contribution in [0.5, 0.6) is 5.75 Å². The lowest BCUT2D eigenvalue weighted by Gasteiger charge is -2.14. The van der Waals surface area contributed by atoms with Gasteiger partial charge < -0.3 is 15.4 Å². The first-order valence-corrected chi connectivity index (χ1v) is 9.94. The smallest absolute Gasteiger partial charge is 0.152 e. The zero-order valence-electron chi connectivity index (χ0n) is 16.2. The van der Waals surface area contributed by atoms with E-state index in [1.165, 1.54) is 0 Å². The van der Waals surface area contributed by atoms with E-state index in [1.54, 1.807) is 7.11 Å². The normalized spacial score (nSPS) is 10.8. The fraction of sp³-hybridized carbons (Fsp3) is 0.286. The second-order valence-corrected chi connectivity index (χ2v) is 7.19. The molecule has 0 spiro atoms. The van der Waals surface area contributed by atoms with E-state index in [0.717, 1.165) is 51.9 Å². The Balaban J connectivity index is 1.72. The second kappa shape index (κ2) is 9.22. The van der Waals surface area contributed by atoms with Gasteiger partial charge in [-0.1, -0.05) is 36.2 Å². The van der Waals surface area contributed by atoms with Gasteiger partial charge in [0.1, 0.15) is 5.75 Å². The van der Waals surface area contributed by atoms with Gasteiger partial charge in [0.25, 0.3) is 0 Å². The summed E-state index contributed by atoms with van der Waals surface area (Å²) >= 11 is 13.1. The van der Waals surface area contributed by atoms with Gasteiger partial charge in [-0.05, 0) is 54.7 Å². The molecule has 0 saturated carbocycles. The Labute approximate surface area is 175 Å². The lowest BCUT2D eigenvalue weighted by Crippen LogP contribution is -1.99. The van der Waals surface area contributed by atoms with Crippen molar-refractivity contribution in [3.8, 4) is 5.75 Å². The molecule has 1 aromatic heterocycles. The fourth-order valence-electron chi connectivity index (χ4n) is 3.06. The number of benzene rings is 2. The third-order valence-corrected chi connectivity index (χ3v) is 5.52. The zero-order chi connectivity index (χ0) is 20.1. The lowest BCUT2D eigenvalue weighted by molar-refractivity contribution is 0.414. The minimum absolute atomic E-state index is 0.575. The van der Waals surface area contributed by atoms with Crippen LogP contribution in [0, 0.1) is 0 Å². The minimum Gasteiger partial charge on any atom is -0.495 e. The summed E-state index contributed by atoms with van der Waals surface area (Å²) in [6.07, 6.45) is 2.25. The summed E-state index contributed by atoms with van der Waals surface area (Å²) in [5, 5.41) is 15.1. The molecule has 3 rings (SSSR count). The van der Waals surface area contributed by atoms with Crippen molar-refractivity contribution in [2.75, 3.05) is 24.8 Å². The number of ether oxygens (including phenoxy) is 1. The predicted molar refractivity (Wildman–Crippen MR) is 118 cm³/mol. The molecule has 0 aliphatic carbocycles. The van der Waals surface area contributed by atoms with E-state index in [4.69, 9.17) is 27.9 Å². The van der Waals surface area contributed by atoms with Gasteiger partial charge in [-0.2, -0.15) is 5.10 Å². The first-order chi connectivity index (χ1) is 13.5. The van der Waals surface area contributed by atoms with Gasteiger partial charge in [0, 0.05) is 35.2 Å². The summed E-state index contributed by atoms with van der Waals surface area (Å²) < 4.78 is 5.40. The predicted octanol–water partition coefficient (Wildman–Crippen LogP) is 5.86. The molecule has 0 aliphatic heterocycles. The van der Waals surface area contributed by atoms with Crippen LogP contribution in [0.15, 0.2) is 36.4 Å². The number of aryl methyl sites for hydroxylation is 2. The fourth-order valence-corrected chi connectivity index (χ4v) is 3.81. The number of anilines is 3. The summed E-state index contributed by atoms with van der Waals surface area (Å²) in [7, 11) is 3.51. The highest BCUT2D eigenvalue weighted by atomic mass is 35.5. The molecule has 0 saturated heterocycles. The van der Waals surface area contributed by atoms with E-state index >= 15 is 0 Å². The van der Waals surface area contributed by atoms with Crippen molar-refractivity contribution in [3.05, 3.63) is 63.3 Å². The number of nitrogens with one attached hydrogen (secondary N) is 3. The molecule has 0 radical (unpaired) electrons. The largest absolute Gasteiger partial charge is 0.495 e. The van der Waals surface area contributed by atoms with Crippen LogP contribution in [0.2, 0.25) is 10.0 Å². The minimum atomic E-state index is 0.575. The molecule has 5 nitrogen and oxygen atoms in total. The van der Waals surface area contributed by atoms with Crippen LogP contribution in [-0.4, -0.2) is 24.4 Å². The number of aromatic nitrogens is 2. The molecule has 0 unspecified atom stereocenters. The van der Waals surface area contributed by atoms with Crippen LogP contribution in [0.4, 0.5) is 17.2 Å². The molecule has 28 heavy (non-hydrogen) atoms. The number of rotatable bonds is 8. The topological polar surface area (TPSA) is 62.0 Å². The average Bonchev–Trinajstić information content (AvgIpc) is 3.15. The number of aromatic amines is 1. The number of methoxy groups -OCH3 is 1. The third-order valence-electron chi connectivity index (χ3n) is 4.63. The molecule has 0 bridgehead atoms. The maximum absolute atomic E-state index is 6.57. The molecule has 0 atom stereocenters. The Hall–Kier alpha value is -2.37. The highest BCUT2D eigenvalue weighted by Gasteiger charge is 2.16. The Morgan fingerprint density at radius 1 is 1.07 bits per heavy atom. The highest BCUT2D eigenvalue weighted by molar-refractivity contribution is 6.37. The Morgan fingerprint density at radius 3 is 2.57 bits per heavy atom. The average molecular weight is 419 g/mol. The molecule has 2 aromatic carbocycles. The molecule has 3 N–H and O–H groups in total. The van der Waals surface area contributed by atoms with Gasteiger partial charge in [0.2, 0.25) is 0 Å².